The normalized spacial score (nSPS) is 23.9. The Labute approximate surface area is 107 Å². The van der Waals surface area contributed by atoms with Gasteiger partial charge in [-0.25, -0.2) is 0 Å². The molecule has 1 unspecified atom stereocenters. The summed E-state index contributed by atoms with van der Waals surface area (Å²) in [6, 6.07) is 0.660. The van der Waals surface area contributed by atoms with E-state index in [4.69, 9.17) is 0 Å². The van der Waals surface area contributed by atoms with Gasteiger partial charge in [0.2, 0.25) is 0 Å². The molecule has 0 heterocycles. The van der Waals surface area contributed by atoms with Gasteiger partial charge >= 0.3 is 0 Å². The standard InChI is InChI=1S/C15H30N2/c1-13(2)12-14-8-5-6-9-15(14)16-10-7-11-17(3)4/h12-13,15-16H,5-11H2,1-4H3/b14-12+. The first-order valence-corrected chi connectivity index (χ1v) is 7.18. The van der Waals surface area contributed by atoms with Crippen LogP contribution in [-0.4, -0.2) is 38.1 Å². The van der Waals surface area contributed by atoms with Crippen LogP contribution in [0, 0.1) is 5.92 Å². The third-order valence-electron chi connectivity index (χ3n) is 3.38. The molecule has 2 heteroatoms. The third-order valence-corrected chi connectivity index (χ3v) is 3.38. The SMILES string of the molecule is CC(C)/C=C1\CCCCC1NCCCN(C)C. The number of hydrogen-bond acceptors (Lipinski definition) is 2. The van der Waals surface area contributed by atoms with Crippen LogP contribution in [0.4, 0.5) is 0 Å². The zero-order valence-corrected chi connectivity index (χ0v) is 12.1. The lowest BCUT2D eigenvalue weighted by atomic mass is 9.88. The van der Waals surface area contributed by atoms with Crippen molar-refractivity contribution >= 4 is 0 Å². The second-order valence-electron chi connectivity index (χ2n) is 5.89. The Morgan fingerprint density at radius 1 is 1.35 bits per heavy atom. The van der Waals surface area contributed by atoms with E-state index in [1.807, 2.05) is 0 Å². The van der Waals surface area contributed by atoms with Crippen molar-refractivity contribution in [3.05, 3.63) is 11.6 Å². The summed E-state index contributed by atoms with van der Waals surface area (Å²) in [5.41, 5.74) is 1.66. The summed E-state index contributed by atoms with van der Waals surface area (Å²) < 4.78 is 0. The molecular formula is C15H30N2. The Balaban J connectivity index is 2.33. The molecule has 0 aromatic heterocycles. The summed E-state index contributed by atoms with van der Waals surface area (Å²) in [5, 5.41) is 3.74. The maximum atomic E-state index is 3.74. The molecule has 1 saturated carbocycles. The van der Waals surface area contributed by atoms with Gasteiger partial charge in [-0.1, -0.05) is 31.9 Å². The lowest BCUT2D eigenvalue weighted by molar-refractivity contribution is 0.379. The van der Waals surface area contributed by atoms with Crippen LogP contribution in [0.2, 0.25) is 0 Å². The predicted molar refractivity (Wildman–Crippen MR) is 76.4 cm³/mol. The summed E-state index contributed by atoms with van der Waals surface area (Å²) in [4.78, 5) is 2.26. The van der Waals surface area contributed by atoms with Crippen LogP contribution in [0.15, 0.2) is 11.6 Å². The highest BCUT2D eigenvalue weighted by Crippen LogP contribution is 2.24. The Bertz CT molecular complexity index is 231. The smallest absolute Gasteiger partial charge is 0.0279 e. The van der Waals surface area contributed by atoms with Crippen LogP contribution >= 0.6 is 0 Å². The van der Waals surface area contributed by atoms with Crippen molar-refractivity contribution in [1.29, 1.82) is 0 Å². The van der Waals surface area contributed by atoms with E-state index in [-0.39, 0.29) is 0 Å². The van der Waals surface area contributed by atoms with Crippen molar-refractivity contribution in [1.82, 2.24) is 10.2 Å². The summed E-state index contributed by atoms with van der Waals surface area (Å²) >= 11 is 0. The van der Waals surface area contributed by atoms with Gasteiger partial charge in [0.1, 0.15) is 0 Å². The Morgan fingerprint density at radius 3 is 2.76 bits per heavy atom. The largest absolute Gasteiger partial charge is 0.310 e. The molecule has 2 nitrogen and oxygen atoms in total. The van der Waals surface area contributed by atoms with Gasteiger partial charge in [-0.2, -0.15) is 0 Å². The molecule has 17 heavy (non-hydrogen) atoms. The number of hydrogen-bond donors (Lipinski definition) is 1. The highest BCUT2D eigenvalue weighted by atomic mass is 15.1. The molecule has 1 fully saturated rings. The summed E-state index contributed by atoms with van der Waals surface area (Å²) in [7, 11) is 4.29. The molecule has 0 radical (unpaired) electrons. The highest BCUT2D eigenvalue weighted by molar-refractivity contribution is 5.14. The molecular weight excluding hydrogens is 208 g/mol. The number of nitrogens with one attached hydrogen (secondary N) is 1. The fraction of sp³-hybridized carbons (Fsp3) is 0.867. The average molecular weight is 238 g/mol. The maximum absolute atomic E-state index is 3.74. The van der Waals surface area contributed by atoms with Crippen molar-refractivity contribution in [3.8, 4) is 0 Å². The fourth-order valence-electron chi connectivity index (χ4n) is 2.57. The molecule has 1 N–H and O–H groups in total. The van der Waals surface area contributed by atoms with Crippen molar-refractivity contribution in [2.24, 2.45) is 5.92 Å². The Kier molecular flexibility index (Phi) is 6.83. The van der Waals surface area contributed by atoms with E-state index in [2.05, 4.69) is 44.2 Å². The number of nitrogens with zero attached hydrogens (tertiary/aromatic N) is 1. The minimum atomic E-state index is 0.660. The molecule has 100 valence electrons. The van der Waals surface area contributed by atoms with E-state index in [1.54, 1.807) is 5.57 Å². The summed E-state index contributed by atoms with van der Waals surface area (Å²) in [6.45, 7) is 6.90. The molecule has 0 spiro atoms. The minimum Gasteiger partial charge on any atom is -0.310 e. The van der Waals surface area contributed by atoms with E-state index >= 15 is 0 Å². The van der Waals surface area contributed by atoms with Gasteiger partial charge in [0.05, 0.1) is 0 Å². The van der Waals surface area contributed by atoms with Crippen molar-refractivity contribution in [2.75, 3.05) is 27.2 Å². The van der Waals surface area contributed by atoms with E-state index in [9.17, 15) is 0 Å². The van der Waals surface area contributed by atoms with Gasteiger partial charge in [-0.15, -0.1) is 0 Å². The quantitative estimate of drug-likeness (QED) is 0.565. The van der Waals surface area contributed by atoms with Gasteiger partial charge in [0, 0.05) is 6.04 Å². The second-order valence-corrected chi connectivity index (χ2v) is 5.89. The fourth-order valence-corrected chi connectivity index (χ4v) is 2.57. The molecule has 1 aliphatic carbocycles. The van der Waals surface area contributed by atoms with Crippen LogP contribution < -0.4 is 5.32 Å². The van der Waals surface area contributed by atoms with Gasteiger partial charge in [0.25, 0.3) is 0 Å². The maximum Gasteiger partial charge on any atom is 0.0279 e. The average Bonchev–Trinajstić information content (AvgIpc) is 2.25. The molecule has 1 aliphatic rings. The second kappa shape index (κ2) is 7.88. The van der Waals surface area contributed by atoms with E-state index < -0.39 is 0 Å². The van der Waals surface area contributed by atoms with E-state index in [0.29, 0.717) is 12.0 Å². The molecule has 0 aliphatic heterocycles. The highest BCUT2D eigenvalue weighted by Gasteiger charge is 2.17. The number of rotatable bonds is 6. The van der Waals surface area contributed by atoms with Crippen LogP contribution in [0.3, 0.4) is 0 Å². The van der Waals surface area contributed by atoms with Gasteiger partial charge in [-0.05, 0) is 58.8 Å². The van der Waals surface area contributed by atoms with E-state index in [1.165, 1.54) is 38.6 Å². The topological polar surface area (TPSA) is 15.3 Å². The molecule has 1 rings (SSSR count). The van der Waals surface area contributed by atoms with Crippen LogP contribution in [0.25, 0.3) is 0 Å². The molecule has 0 amide bonds. The summed E-state index contributed by atoms with van der Waals surface area (Å²) in [5.74, 6) is 0.689. The van der Waals surface area contributed by atoms with Crippen LogP contribution in [0.5, 0.6) is 0 Å². The summed E-state index contributed by atoms with van der Waals surface area (Å²) in [6.07, 6.45) is 9.14. The lowest BCUT2D eigenvalue weighted by Crippen LogP contribution is -2.35. The monoisotopic (exact) mass is 238 g/mol. The number of allylic oxidation sites excluding steroid dienone is 1. The van der Waals surface area contributed by atoms with Crippen molar-refractivity contribution in [2.45, 2.75) is 52.0 Å². The van der Waals surface area contributed by atoms with Gasteiger partial charge in [-0.3, -0.25) is 0 Å². The Morgan fingerprint density at radius 2 is 2.12 bits per heavy atom. The lowest BCUT2D eigenvalue weighted by Gasteiger charge is -2.27. The molecule has 1 atom stereocenters. The van der Waals surface area contributed by atoms with E-state index in [0.717, 1.165) is 6.54 Å². The first-order chi connectivity index (χ1) is 8.09. The molecule has 0 bridgehead atoms. The first kappa shape index (κ1) is 14.7. The molecule has 0 aromatic rings. The zero-order chi connectivity index (χ0) is 12.7. The molecule has 0 saturated heterocycles. The van der Waals surface area contributed by atoms with Gasteiger partial charge in [0.15, 0.2) is 0 Å². The zero-order valence-electron chi connectivity index (χ0n) is 12.1. The minimum absolute atomic E-state index is 0.660. The Hall–Kier alpha value is -0.340. The van der Waals surface area contributed by atoms with Crippen LogP contribution in [-0.2, 0) is 0 Å². The third kappa shape index (κ3) is 6.23. The molecule has 0 aromatic carbocycles. The predicted octanol–water partition coefficient (Wildman–Crippen LogP) is 3.05. The van der Waals surface area contributed by atoms with Crippen molar-refractivity contribution < 1.29 is 0 Å². The van der Waals surface area contributed by atoms with Crippen LogP contribution in [0.1, 0.15) is 46.0 Å². The van der Waals surface area contributed by atoms with Gasteiger partial charge < -0.3 is 10.2 Å². The first-order valence-electron chi connectivity index (χ1n) is 7.18. The van der Waals surface area contributed by atoms with Crippen molar-refractivity contribution in [3.63, 3.8) is 0 Å².